The molecule has 5 nitrogen and oxygen atoms in total. The van der Waals surface area contributed by atoms with Crippen LogP contribution in [0, 0.1) is 11.8 Å². The van der Waals surface area contributed by atoms with Gasteiger partial charge in [0.1, 0.15) is 6.04 Å². The van der Waals surface area contributed by atoms with Crippen molar-refractivity contribution < 1.29 is 14.7 Å². The van der Waals surface area contributed by atoms with Crippen LogP contribution in [0.2, 0.25) is 0 Å². The van der Waals surface area contributed by atoms with Crippen LogP contribution in [-0.2, 0) is 4.79 Å². The van der Waals surface area contributed by atoms with Gasteiger partial charge in [-0.05, 0) is 24.7 Å². The molecule has 0 aromatic heterocycles. The van der Waals surface area contributed by atoms with Crippen molar-refractivity contribution >= 4 is 12.0 Å². The van der Waals surface area contributed by atoms with Crippen LogP contribution in [0.4, 0.5) is 4.79 Å². The Balaban J connectivity index is 2.49. The number of carbonyl (C=O) groups is 2. The zero-order valence-electron chi connectivity index (χ0n) is 11.5. The summed E-state index contributed by atoms with van der Waals surface area (Å²) in [6.07, 6.45) is 2.55. The van der Waals surface area contributed by atoms with Crippen LogP contribution in [-0.4, -0.2) is 41.1 Å². The summed E-state index contributed by atoms with van der Waals surface area (Å²) in [5.74, 6) is -0.152. The maximum absolute atomic E-state index is 12.0. The van der Waals surface area contributed by atoms with Crippen LogP contribution in [0.5, 0.6) is 0 Å². The number of carboxylic acid groups (broad SMARTS) is 1. The number of urea groups is 1. The second-order valence-electron chi connectivity index (χ2n) is 5.48. The van der Waals surface area contributed by atoms with Gasteiger partial charge in [-0.3, -0.25) is 0 Å². The maximum atomic E-state index is 12.0. The van der Waals surface area contributed by atoms with Crippen molar-refractivity contribution in [2.75, 3.05) is 13.1 Å². The standard InChI is InChI=1S/C13H24N2O3/c1-4-10-5-6-15(8-10)13(18)14-11(12(16)17)7-9(2)3/h9-11H,4-8H2,1-3H3,(H,14,18)(H,16,17)/t10?,11-/m0/s1. The number of carboxylic acids is 1. The molecule has 1 aliphatic rings. The van der Waals surface area contributed by atoms with Gasteiger partial charge in [0.05, 0.1) is 0 Å². The Bertz CT molecular complexity index is 305. The van der Waals surface area contributed by atoms with E-state index in [-0.39, 0.29) is 11.9 Å². The lowest BCUT2D eigenvalue weighted by Crippen LogP contribution is -2.47. The minimum absolute atomic E-state index is 0.237. The molecule has 1 fully saturated rings. The zero-order chi connectivity index (χ0) is 13.7. The maximum Gasteiger partial charge on any atom is 0.326 e. The van der Waals surface area contributed by atoms with Gasteiger partial charge in [-0.1, -0.05) is 27.2 Å². The molecule has 2 amide bonds. The van der Waals surface area contributed by atoms with E-state index in [0.717, 1.165) is 25.9 Å². The molecule has 0 radical (unpaired) electrons. The molecule has 2 N–H and O–H groups in total. The number of nitrogens with one attached hydrogen (secondary N) is 1. The number of aliphatic carboxylic acids is 1. The van der Waals surface area contributed by atoms with Crippen LogP contribution in [0.25, 0.3) is 0 Å². The highest BCUT2D eigenvalue weighted by atomic mass is 16.4. The first-order chi connectivity index (χ1) is 8.43. The second-order valence-corrected chi connectivity index (χ2v) is 5.48. The molecule has 0 spiro atoms. The minimum atomic E-state index is -0.955. The van der Waals surface area contributed by atoms with Gasteiger partial charge in [-0.2, -0.15) is 0 Å². The third-order valence-corrected chi connectivity index (χ3v) is 3.45. The summed E-state index contributed by atoms with van der Waals surface area (Å²) in [5.41, 5.74) is 0. The molecule has 1 heterocycles. The molecular formula is C13H24N2O3. The lowest BCUT2D eigenvalue weighted by Gasteiger charge is -2.22. The topological polar surface area (TPSA) is 69.6 Å². The number of carbonyl (C=O) groups excluding carboxylic acids is 1. The molecule has 0 aromatic rings. The predicted octanol–water partition coefficient (Wildman–Crippen LogP) is 1.93. The number of hydrogen-bond acceptors (Lipinski definition) is 2. The van der Waals surface area contributed by atoms with Gasteiger partial charge in [-0.15, -0.1) is 0 Å². The van der Waals surface area contributed by atoms with E-state index < -0.39 is 12.0 Å². The average molecular weight is 256 g/mol. The van der Waals surface area contributed by atoms with Crippen molar-refractivity contribution in [3.05, 3.63) is 0 Å². The van der Waals surface area contributed by atoms with Crippen LogP contribution >= 0.6 is 0 Å². The van der Waals surface area contributed by atoms with E-state index in [1.165, 1.54) is 0 Å². The Labute approximate surface area is 109 Å². The van der Waals surface area contributed by atoms with E-state index in [9.17, 15) is 9.59 Å². The normalized spacial score (nSPS) is 21.1. The number of rotatable bonds is 5. The lowest BCUT2D eigenvalue weighted by atomic mass is 10.0. The van der Waals surface area contributed by atoms with Gasteiger partial charge in [0.2, 0.25) is 0 Å². The van der Waals surface area contributed by atoms with E-state index >= 15 is 0 Å². The van der Waals surface area contributed by atoms with Crippen LogP contribution < -0.4 is 5.32 Å². The monoisotopic (exact) mass is 256 g/mol. The number of nitrogens with zero attached hydrogens (tertiary/aromatic N) is 1. The molecule has 0 aliphatic carbocycles. The fourth-order valence-electron chi connectivity index (χ4n) is 2.28. The van der Waals surface area contributed by atoms with E-state index in [0.29, 0.717) is 12.3 Å². The molecule has 104 valence electrons. The van der Waals surface area contributed by atoms with Gasteiger partial charge in [0.15, 0.2) is 0 Å². The van der Waals surface area contributed by atoms with Crippen molar-refractivity contribution in [3.8, 4) is 0 Å². The molecule has 18 heavy (non-hydrogen) atoms. The summed E-state index contributed by atoms with van der Waals surface area (Å²) in [6.45, 7) is 7.50. The summed E-state index contributed by atoms with van der Waals surface area (Å²) < 4.78 is 0. The molecule has 1 unspecified atom stereocenters. The summed E-state index contributed by atoms with van der Waals surface area (Å²) in [6, 6.07) is -1.02. The molecule has 0 saturated carbocycles. The van der Waals surface area contributed by atoms with E-state index in [1.54, 1.807) is 4.90 Å². The molecule has 1 rings (SSSR count). The molecule has 5 heteroatoms. The smallest absolute Gasteiger partial charge is 0.326 e. The molecular weight excluding hydrogens is 232 g/mol. The number of likely N-dealkylation sites (tertiary alicyclic amines) is 1. The van der Waals surface area contributed by atoms with Gasteiger partial charge in [0, 0.05) is 13.1 Å². The van der Waals surface area contributed by atoms with Crippen LogP contribution in [0.15, 0.2) is 0 Å². The van der Waals surface area contributed by atoms with Crippen molar-refractivity contribution in [1.29, 1.82) is 0 Å². The summed E-state index contributed by atoms with van der Waals surface area (Å²) >= 11 is 0. The third-order valence-electron chi connectivity index (χ3n) is 3.45. The summed E-state index contributed by atoms with van der Waals surface area (Å²) in [7, 11) is 0. The van der Waals surface area contributed by atoms with E-state index in [4.69, 9.17) is 5.11 Å². The average Bonchev–Trinajstić information content (AvgIpc) is 2.75. The highest BCUT2D eigenvalue weighted by Crippen LogP contribution is 2.19. The van der Waals surface area contributed by atoms with Gasteiger partial charge in [0.25, 0.3) is 0 Å². The lowest BCUT2D eigenvalue weighted by molar-refractivity contribution is -0.139. The van der Waals surface area contributed by atoms with Gasteiger partial charge < -0.3 is 15.3 Å². The third kappa shape index (κ3) is 4.20. The fraction of sp³-hybridized carbons (Fsp3) is 0.846. The summed E-state index contributed by atoms with van der Waals surface area (Å²) in [5, 5.41) is 11.7. The first-order valence-corrected chi connectivity index (χ1v) is 6.72. The quantitative estimate of drug-likeness (QED) is 0.789. The Morgan fingerprint density at radius 3 is 2.56 bits per heavy atom. The summed E-state index contributed by atoms with van der Waals surface area (Å²) in [4.78, 5) is 24.8. The molecule has 1 aliphatic heterocycles. The van der Waals surface area contributed by atoms with Gasteiger partial charge >= 0.3 is 12.0 Å². The Hall–Kier alpha value is -1.26. The molecule has 2 atom stereocenters. The van der Waals surface area contributed by atoms with Gasteiger partial charge in [-0.25, -0.2) is 9.59 Å². The first-order valence-electron chi connectivity index (χ1n) is 6.72. The van der Waals surface area contributed by atoms with Crippen LogP contribution in [0.3, 0.4) is 0 Å². The zero-order valence-corrected chi connectivity index (χ0v) is 11.5. The minimum Gasteiger partial charge on any atom is -0.480 e. The second kappa shape index (κ2) is 6.61. The largest absolute Gasteiger partial charge is 0.480 e. The van der Waals surface area contributed by atoms with E-state index in [2.05, 4.69) is 12.2 Å². The molecule has 0 aromatic carbocycles. The van der Waals surface area contributed by atoms with Crippen molar-refractivity contribution in [1.82, 2.24) is 10.2 Å². The highest BCUT2D eigenvalue weighted by molar-refractivity contribution is 5.82. The Morgan fingerprint density at radius 1 is 1.44 bits per heavy atom. The molecule has 1 saturated heterocycles. The SMILES string of the molecule is CCC1CCN(C(=O)N[C@@H](CC(C)C)C(=O)O)C1. The van der Waals surface area contributed by atoms with E-state index in [1.807, 2.05) is 13.8 Å². The van der Waals surface area contributed by atoms with Crippen molar-refractivity contribution in [2.45, 2.75) is 46.1 Å². The highest BCUT2D eigenvalue weighted by Gasteiger charge is 2.28. The predicted molar refractivity (Wildman–Crippen MR) is 69.4 cm³/mol. The number of hydrogen-bond donors (Lipinski definition) is 2. The molecule has 0 bridgehead atoms. The van der Waals surface area contributed by atoms with Crippen molar-refractivity contribution in [2.24, 2.45) is 11.8 Å². The first kappa shape index (κ1) is 14.8. The fourth-order valence-corrected chi connectivity index (χ4v) is 2.28. The van der Waals surface area contributed by atoms with Crippen LogP contribution in [0.1, 0.15) is 40.0 Å². The number of amides is 2. The van der Waals surface area contributed by atoms with Crippen molar-refractivity contribution in [3.63, 3.8) is 0 Å². The Kier molecular flexibility index (Phi) is 5.44. The Morgan fingerprint density at radius 2 is 2.11 bits per heavy atom.